The average molecular weight is 343 g/mol. The molecule has 2 heterocycles. The summed E-state index contributed by atoms with van der Waals surface area (Å²) in [4.78, 5) is 12.1. The highest BCUT2D eigenvalue weighted by Gasteiger charge is 2.10. The molecule has 6 heteroatoms. The highest BCUT2D eigenvalue weighted by molar-refractivity contribution is 6.30. The van der Waals surface area contributed by atoms with E-state index in [1.807, 2.05) is 60.3 Å². The van der Waals surface area contributed by atoms with Crippen molar-refractivity contribution in [2.24, 2.45) is 0 Å². The maximum absolute atomic E-state index is 12.1. The van der Waals surface area contributed by atoms with Gasteiger partial charge in [-0.05, 0) is 36.8 Å². The second kappa shape index (κ2) is 7.36. The van der Waals surface area contributed by atoms with E-state index in [2.05, 4.69) is 10.4 Å². The Bertz CT molecular complexity index is 793. The first-order valence-electron chi connectivity index (χ1n) is 7.82. The number of hydrogen-bond donors (Lipinski definition) is 1. The van der Waals surface area contributed by atoms with E-state index in [9.17, 15) is 4.79 Å². The number of halogens is 1. The fraction of sp³-hybridized carbons (Fsp3) is 0.222. The molecule has 124 valence electrons. The average Bonchev–Trinajstić information content (AvgIpc) is 3.25. The molecular weight excluding hydrogens is 324 g/mol. The molecule has 0 aliphatic heterocycles. The lowest BCUT2D eigenvalue weighted by atomic mass is 10.1. The van der Waals surface area contributed by atoms with Gasteiger partial charge in [-0.2, -0.15) is 5.10 Å². The smallest absolute Gasteiger partial charge is 0.222 e. The van der Waals surface area contributed by atoms with Crippen LogP contribution in [0.15, 0.2) is 61.2 Å². The van der Waals surface area contributed by atoms with Crippen molar-refractivity contribution >= 4 is 17.5 Å². The number of nitrogens with one attached hydrogen (secondary N) is 1. The molecule has 1 amide bonds. The normalized spacial score (nSPS) is 12.1. The number of carbonyl (C=O) groups is 1. The van der Waals surface area contributed by atoms with Crippen LogP contribution in [-0.4, -0.2) is 20.3 Å². The van der Waals surface area contributed by atoms with Crippen molar-refractivity contribution in [1.82, 2.24) is 19.7 Å². The zero-order chi connectivity index (χ0) is 16.9. The Labute approximate surface area is 145 Å². The fourth-order valence-electron chi connectivity index (χ4n) is 2.52. The Hall–Kier alpha value is -2.53. The summed E-state index contributed by atoms with van der Waals surface area (Å²) in [7, 11) is 0. The molecule has 0 spiro atoms. The predicted octanol–water partition coefficient (Wildman–Crippen LogP) is 3.59. The van der Waals surface area contributed by atoms with Gasteiger partial charge in [-0.3, -0.25) is 9.48 Å². The summed E-state index contributed by atoms with van der Waals surface area (Å²) in [5.41, 5.74) is 2.17. The number of benzene rings is 1. The Morgan fingerprint density at radius 2 is 1.96 bits per heavy atom. The summed E-state index contributed by atoms with van der Waals surface area (Å²) < 4.78 is 3.71. The van der Waals surface area contributed by atoms with E-state index in [1.54, 1.807) is 17.1 Å². The van der Waals surface area contributed by atoms with Gasteiger partial charge >= 0.3 is 0 Å². The number of amides is 1. The van der Waals surface area contributed by atoms with Gasteiger partial charge < -0.3 is 9.88 Å². The van der Waals surface area contributed by atoms with Gasteiger partial charge in [-0.15, -0.1) is 0 Å². The summed E-state index contributed by atoms with van der Waals surface area (Å²) >= 11 is 5.80. The maximum atomic E-state index is 12.1. The molecular formula is C18H19ClN4O. The second-order valence-corrected chi connectivity index (χ2v) is 6.08. The minimum atomic E-state index is -0.0441. The molecule has 0 aliphatic carbocycles. The van der Waals surface area contributed by atoms with Crippen LogP contribution in [0, 0.1) is 0 Å². The number of aryl methyl sites for hydroxylation is 1. The Balaban J connectivity index is 1.54. The minimum Gasteiger partial charge on any atom is -0.350 e. The SMILES string of the molecule is CC(NC(=O)CCn1cc(Cl)cn1)c1ccc(-n2cccc2)cc1. The number of carbonyl (C=O) groups excluding carboxylic acids is 1. The molecule has 1 unspecified atom stereocenters. The van der Waals surface area contributed by atoms with Crippen LogP contribution in [0.3, 0.4) is 0 Å². The van der Waals surface area contributed by atoms with Gasteiger partial charge in [0.25, 0.3) is 0 Å². The maximum Gasteiger partial charge on any atom is 0.222 e. The molecule has 0 saturated carbocycles. The quantitative estimate of drug-likeness (QED) is 0.744. The Morgan fingerprint density at radius 1 is 1.25 bits per heavy atom. The van der Waals surface area contributed by atoms with Crippen molar-refractivity contribution in [2.75, 3.05) is 0 Å². The molecule has 1 N–H and O–H groups in total. The van der Waals surface area contributed by atoms with Crippen LogP contribution < -0.4 is 5.32 Å². The van der Waals surface area contributed by atoms with Crippen LogP contribution in [0.5, 0.6) is 0 Å². The minimum absolute atomic E-state index is 0.0105. The molecule has 1 aromatic carbocycles. The first-order valence-corrected chi connectivity index (χ1v) is 8.20. The van der Waals surface area contributed by atoms with E-state index in [4.69, 9.17) is 11.6 Å². The highest BCUT2D eigenvalue weighted by atomic mass is 35.5. The number of aromatic nitrogens is 3. The molecule has 0 aliphatic rings. The molecule has 3 rings (SSSR count). The van der Waals surface area contributed by atoms with Gasteiger partial charge in [0.1, 0.15) is 0 Å². The van der Waals surface area contributed by atoms with Gasteiger partial charge in [-0.1, -0.05) is 23.7 Å². The summed E-state index contributed by atoms with van der Waals surface area (Å²) in [5.74, 6) is -0.0105. The van der Waals surface area contributed by atoms with E-state index >= 15 is 0 Å². The van der Waals surface area contributed by atoms with Gasteiger partial charge in [0.2, 0.25) is 5.91 Å². The van der Waals surface area contributed by atoms with Crippen molar-refractivity contribution in [2.45, 2.75) is 25.9 Å². The molecule has 0 fully saturated rings. The molecule has 0 bridgehead atoms. The summed E-state index contributed by atoms with van der Waals surface area (Å²) in [6.07, 6.45) is 7.64. The zero-order valence-electron chi connectivity index (χ0n) is 13.4. The van der Waals surface area contributed by atoms with Gasteiger partial charge in [0.15, 0.2) is 0 Å². The monoisotopic (exact) mass is 342 g/mol. The lowest BCUT2D eigenvalue weighted by Crippen LogP contribution is -2.27. The second-order valence-electron chi connectivity index (χ2n) is 5.64. The van der Waals surface area contributed by atoms with Crippen molar-refractivity contribution in [3.05, 3.63) is 71.8 Å². The molecule has 0 radical (unpaired) electrons. The predicted molar refractivity (Wildman–Crippen MR) is 94.2 cm³/mol. The molecule has 5 nitrogen and oxygen atoms in total. The molecule has 24 heavy (non-hydrogen) atoms. The van der Waals surface area contributed by atoms with Gasteiger partial charge in [0.05, 0.1) is 17.3 Å². The van der Waals surface area contributed by atoms with E-state index < -0.39 is 0 Å². The summed E-state index contributed by atoms with van der Waals surface area (Å²) in [6.45, 7) is 2.49. The van der Waals surface area contributed by atoms with Crippen LogP contribution in [0.2, 0.25) is 5.02 Å². The van der Waals surface area contributed by atoms with Crippen molar-refractivity contribution in [1.29, 1.82) is 0 Å². The lowest BCUT2D eigenvalue weighted by molar-refractivity contribution is -0.122. The Kier molecular flexibility index (Phi) is 5.01. The van der Waals surface area contributed by atoms with Crippen LogP contribution >= 0.6 is 11.6 Å². The van der Waals surface area contributed by atoms with E-state index in [0.717, 1.165) is 11.3 Å². The van der Waals surface area contributed by atoms with Crippen LogP contribution in [0.4, 0.5) is 0 Å². The Morgan fingerprint density at radius 3 is 2.58 bits per heavy atom. The van der Waals surface area contributed by atoms with Gasteiger partial charge in [-0.25, -0.2) is 0 Å². The first kappa shape index (κ1) is 16.3. The van der Waals surface area contributed by atoms with Crippen molar-refractivity contribution in [3.63, 3.8) is 0 Å². The lowest BCUT2D eigenvalue weighted by Gasteiger charge is -2.15. The van der Waals surface area contributed by atoms with E-state index in [-0.39, 0.29) is 11.9 Å². The van der Waals surface area contributed by atoms with Crippen molar-refractivity contribution < 1.29 is 4.79 Å². The third kappa shape index (κ3) is 4.06. The number of hydrogen-bond acceptors (Lipinski definition) is 2. The van der Waals surface area contributed by atoms with E-state index in [1.165, 1.54) is 0 Å². The summed E-state index contributed by atoms with van der Waals surface area (Å²) in [5, 5.41) is 7.64. The van der Waals surface area contributed by atoms with Crippen LogP contribution in [0.25, 0.3) is 5.69 Å². The molecule has 0 saturated heterocycles. The van der Waals surface area contributed by atoms with Crippen LogP contribution in [-0.2, 0) is 11.3 Å². The first-order chi connectivity index (χ1) is 11.6. The zero-order valence-corrected chi connectivity index (χ0v) is 14.1. The third-order valence-corrected chi connectivity index (χ3v) is 4.04. The highest BCUT2D eigenvalue weighted by Crippen LogP contribution is 2.16. The number of nitrogens with zero attached hydrogens (tertiary/aromatic N) is 3. The topological polar surface area (TPSA) is 51.9 Å². The van der Waals surface area contributed by atoms with Crippen molar-refractivity contribution in [3.8, 4) is 5.69 Å². The summed E-state index contributed by atoms with van der Waals surface area (Å²) in [6, 6.07) is 12.1. The largest absolute Gasteiger partial charge is 0.350 e. The third-order valence-electron chi connectivity index (χ3n) is 3.84. The van der Waals surface area contributed by atoms with Gasteiger partial charge in [0, 0.05) is 37.2 Å². The fourth-order valence-corrected chi connectivity index (χ4v) is 2.67. The molecule has 2 aromatic heterocycles. The standard InChI is InChI=1S/C18H19ClN4O/c1-14(21-18(24)8-11-23-13-16(19)12-20-23)15-4-6-17(7-5-15)22-9-2-3-10-22/h2-7,9-10,12-14H,8,11H2,1H3,(H,21,24). The number of rotatable bonds is 6. The van der Waals surface area contributed by atoms with E-state index in [0.29, 0.717) is 18.0 Å². The molecule has 3 aromatic rings. The molecule has 1 atom stereocenters. The van der Waals surface area contributed by atoms with Crippen LogP contribution in [0.1, 0.15) is 24.9 Å².